The van der Waals surface area contributed by atoms with Crippen LogP contribution in [0.5, 0.6) is 11.5 Å². The van der Waals surface area contributed by atoms with Crippen molar-refractivity contribution in [1.29, 1.82) is 0 Å². The van der Waals surface area contributed by atoms with Crippen LogP contribution in [0.4, 0.5) is 5.69 Å². The van der Waals surface area contributed by atoms with E-state index in [0.29, 0.717) is 39.2 Å². The first kappa shape index (κ1) is 33.9. The summed E-state index contributed by atoms with van der Waals surface area (Å²) in [7, 11) is -3.69. The van der Waals surface area contributed by atoms with Crippen LogP contribution in [-0.4, -0.2) is 56.8 Å². The number of ether oxygens (including phenoxy) is 2. The molecule has 3 aromatic carbocycles. The molecule has 1 saturated carbocycles. The molecule has 0 aromatic heterocycles. The van der Waals surface area contributed by atoms with E-state index >= 15 is 0 Å². The molecule has 46 heavy (non-hydrogen) atoms. The topological polar surface area (TPSA) is 105 Å². The Morgan fingerprint density at radius 3 is 2.33 bits per heavy atom. The molecule has 246 valence electrons. The van der Waals surface area contributed by atoms with E-state index in [-0.39, 0.29) is 50.6 Å². The van der Waals surface area contributed by atoms with E-state index in [2.05, 4.69) is 5.32 Å². The Bertz CT molecular complexity index is 1610. The number of hydrogen-bond donors (Lipinski definition) is 1. The van der Waals surface area contributed by atoms with Gasteiger partial charge in [0.05, 0.1) is 11.9 Å². The molecule has 2 aliphatic rings. The number of carbonyl (C=O) groups is 2. The number of benzene rings is 3. The molecule has 0 radical (unpaired) electrons. The molecule has 0 bridgehead atoms. The third kappa shape index (κ3) is 8.66. The van der Waals surface area contributed by atoms with E-state index in [1.54, 1.807) is 41.3 Å². The van der Waals surface area contributed by atoms with Crippen molar-refractivity contribution in [2.45, 2.75) is 70.0 Å². The highest BCUT2D eigenvalue weighted by molar-refractivity contribution is 7.92. The Balaban J connectivity index is 1.40. The number of nitrogens with zero attached hydrogens (tertiary/aromatic N) is 2. The molecule has 1 aliphatic heterocycles. The number of amides is 2. The lowest BCUT2D eigenvalue weighted by Gasteiger charge is -2.34. The minimum Gasteiger partial charge on any atom is -0.454 e. The van der Waals surface area contributed by atoms with E-state index in [1.165, 1.54) is 4.31 Å². The Hall–Kier alpha value is -3.47. The molecule has 1 atom stereocenters. The fraction of sp³-hybridized carbons (Fsp3) is 0.412. The second-order valence-corrected chi connectivity index (χ2v) is 14.5. The Morgan fingerprint density at radius 2 is 1.63 bits per heavy atom. The first-order valence-electron chi connectivity index (χ1n) is 15.5. The number of carbonyl (C=O) groups excluding carboxylic acids is 2. The van der Waals surface area contributed by atoms with E-state index in [4.69, 9.17) is 32.7 Å². The zero-order valence-electron chi connectivity index (χ0n) is 25.8. The van der Waals surface area contributed by atoms with Gasteiger partial charge in [-0.25, -0.2) is 8.42 Å². The molecule has 0 saturated heterocycles. The predicted molar refractivity (Wildman–Crippen MR) is 180 cm³/mol. The Morgan fingerprint density at radius 1 is 0.935 bits per heavy atom. The molecular weight excluding hydrogens is 649 g/mol. The first-order valence-corrected chi connectivity index (χ1v) is 18.1. The highest BCUT2D eigenvalue weighted by Crippen LogP contribution is 2.36. The maximum atomic E-state index is 14.2. The van der Waals surface area contributed by atoms with Crippen molar-refractivity contribution in [2.24, 2.45) is 0 Å². The monoisotopic (exact) mass is 687 g/mol. The van der Waals surface area contributed by atoms with E-state index in [9.17, 15) is 18.0 Å². The van der Waals surface area contributed by atoms with Crippen molar-refractivity contribution in [3.8, 4) is 11.5 Å². The lowest BCUT2D eigenvalue weighted by molar-refractivity contribution is -0.141. The molecule has 1 N–H and O–H groups in total. The summed E-state index contributed by atoms with van der Waals surface area (Å²) in [5, 5.41) is 4.00. The van der Waals surface area contributed by atoms with Crippen LogP contribution in [0, 0.1) is 0 Å². The first-order chi connectivity index (χ1) is 22.1. The predicted octanol–water partition coefficient (Wildman–Crippen LogP) is 6.36. The van der Waals surface area contributed by atoms with Gasteiger partial charge in [-0.05, 0) is 49.1 Å². The van der Waals surface area contributed by atoms with Gasteiger partial charge in [-0.1, -0.05) is 78.9 Å². The second kappa shape index (κ2) is 15.4. The molecule has 0 unspecified atom stereocenters. The summed E-state index contributed by atoms with van der Waals surface area (Å²) in [5.41, 5.74) is 1.86. The maximum Gasteiger partial charge on any atom is 0.243 e. The van der Waals surface area contributed by atoms with E-state index in [1.807, 2.05) is 30.3 Å². The molecule has 3 aromatic rings. The maximum absolute atomic E-state index is 14.2. The lowest BCUT2D eigenvalue weighted by Crippen LogP contribution is -2.53. The van der Waals surface area contributed by atoms with Crippen LogP contribution in [0.1, 0.15) is 56.1 Å². The average Bonchev–Trinajstić information content (AvgIpc) is 3.50. The molecule has 0 spiro atoms. The summed E-state index contributed by atoms with van der Waals surface area (Å²) in [5.74, 6) is 0.454. The minimum atomic E-state index is -3.69. The molecule has 1 heterocycles. The third-order valence-electron chi connectivity index (χ3n) is 8.41. The largest absolute Gasteiger partial charge is 0.454 e. The number of nitrogens with one attached hydrogen (secondary N) is 1. The highest BCUT2D eigenvalue weighted by atomic mass is 35.5. The van der Waals surface area contributed by atoms with Crippen LogP contribution in [0.15, 0.2) is 66.7 Å². The molecule has 9 nitrogen and oxygen atoms in total. The zero-order chi connectivity index (χ0) is 32.7. The van der Waals surface area contributed by atoms with Crippen LogP contribution in [0.2, 0.25) is 10.0 Å². The lowest BCUT2D eigenvalue weighted by atomic mass is 9.94. The van der Waals surface area contributed by atoms with Gasteiger partial charge in [-0.2, -0.15) is 0 Å². The van der Waals surface area contributed by atoms with Crippen molar-refractivity contribution < 1.29 is 27.5 Å². The second-order valence-electron chi connectivity index (χ2n) is 11.7. The fourth-order valence-electron chi connectivity index (χ4n) is 6.00. The SMILES string of the molecule is CS(=O)(=O)N(CCCC(=O)N(Cc1c(Cl)cccc1Cl)[C@H](Cc1ccccc1)C(=O)NC1CCCCC1)c1ccc2c(c1)OCO2. The number of rotatable bonds is 13. The number of sulfonamides is 1. The molecule has 12 heteroatoms. The highest BCUT2D eigenvalue weighted by Gasteiger charge is 2.33. The van der Waals surface area contributed by atoms with Crippen molar-refractivity contribution in [3.63, 3.8) is 0 Å². The van der Waals surface area contributed by atoms with Gasteiger partial charge in [0.15, 0.2) is 11.5 Å². The standard InChI is InChI=1S/C34H39Cl2N3O6S/c1-46(42,43)39(26-17-18-31-32(21-26)45-23-44-31)19-9-16-33(40)38(22-27-28(35)14-8-15-29(27)36)30(20-24-10-4-2-5-11-24)34(41)37-25-12-6-3-7-13-25/h2,4-5,8,10-11,14-15,17-18,21,25,30H,3,6-7,9,12-13,16,19-20,22-23H2,1H3,(H,37,41)/t30-/m1/s1. The summed E-state index contributed by atoms with van der Waals surface area (Å²) in [4.78, 5) is 29.8. The van der Waals surface area contributed by atoms with Gasteiger partial charge in [0.25, 0.3) is 0 Å². The molecular formula is C34H39Cl2N3O6S. The number of hydrogen-bond acceptors (Lipinski definition) is 6. The summed E-state index contributed by atoms with van der Waals surface area (Å²) in [6.45, 7) is 0.128. The molecule has 5 rings (SSSR count). The van der Waals surface area contributed by atoms with Crippen LogP contribution >= 0.6 is 23.2 Å². The van der Waals surface area contributed by atoms with Gasteiger partial charge in [-0.15, -0.1) is 0 Å². The molecule has 2 amide bonds. The summed E-state index contributed by atoms with van der Waals surface area (Å²) >= 11 is 13.1. The van der Waals surface area contributed by atoms with Crippen molar-refractivity contribution in [2.75, 3.05) is 23.9 Å². The van der Waals surface area contributed by atoms with Gasteiger partial charge >= 0.3 is 0 Å². The van der Waals surface area contributed by atoms with Crippen LogP contribution in [0.3, 0.4) is 0 Å². The molecule has 1 aliphatic carbocycles. The van der Waals surface area contributed by atoms with Crippen LogP contribution < -0.4 is 19.1 Å². The van der Waals surface area contributed by atoms with Crippen LogP contribution in [0.25, 0.3) is 0 Å². The van der Waals surface area contributed by atoms with Crippen molar-refractivity contribution in [1.82, 2.24) is 10.2 Å². The summed E-state index contributed by atoms with van der Waals surface area (Å²) < 4.78 is 37.7. The third-order valence-corrected chi connectivity index (χ3v) is 10.3. The number of halogens is 2. The van der Waals surface area contributed by atoms with Crippen molar-refractivity contribution in [3.05, 3.63) is 87.9 Å². The smallest absolute Gasteiger partial charge is 0.243 e. The van der Waals surface area contributed by atoms with Gasteiger partial charge in [0.2, 0.25) is 28.6 Å². The van der Waals surface area contributed by atoms with Gasteiger partial charge in [-0.3, -0.25) is 13.9 Å². The normalized spacial score (nSPS) is 15.3. The van der Waals surface area contributed by atoms with Gasteiger partial charge in [0, 0.05) is 53.6 Å². The zero-order valence-corrected chi connectivity index (χ0v) is 28.1. The van der Waals surface area contributed by atoms with E-state index < -0.39 is 16.1 Å². The minimum absolute atomic E-state index is 0.0133. The number of anilines is 1. The quantitative estimate of drug-likeness (QED) is 0.224. The fourth-order valence-corrected chi connectivity index (χ4v) is 7.47. The van der Waals surface area contributed by atoms with Crippen molar-refractivity contribution >= 4 is 50.7 Å². The average molecular weight is 689 g/mol. The molecule has 1 fully saturated rings. The van der Waals surface area contributed by atoms with Gasteiger partial charge in [0.1, 0.15) is 6.04 Å². The van der Waals surface area contributed by atoms with E-state index in [0.717, 1.165) is 43.9 Å². The summed E-state index contributed by atoms with van der Waals surface area (Å²) in [6.07, 6.45) is 6.64. The number of fused-ring (bicyclic) bond motifs is 1. The Kier molecular flexibility index (Phi) is 11.4. The van der Waals surface area contributed by atoms with Gasteiger partial charge < -0.3 is 19.7 Å². The summed E-state index contributed by atoms with van der Waals surface area (Å²) in [6, 6.07) is 18.8. The van der Waals surface area contributed by atoms with Crippen LogP contribution in [-0.2, 0) is 32.6 Å². The Labute approximate surface area is 280 Å².